The predicted molar refractivity (Wildman–Crippen MR) is 169 cm³/mol. The van der Waals surface area contributed by atoms with Crippen molar-refractivity contribution < 1.29 is 19.3 Å². The van der Waals surface area contributed by atoms with E-state index >= 15 is 0 Å². The van der Waals surface area contributed by atoms with E-state index in [4.69, 9.17) is 19.2 Å². The predicted octanol–water partition coefficient (Wildman–Crippen LogP) is 6.90. The quantitative estimate of drug-likeness (QED) is 0.189. The molecule has 0 radical (unpaired) electrons. The Morgan fingerprint density at radius 2 is 1.43 bits per heavy atom. The summed E-state index contributed by atoms with van der Waals surface area (Å²) in [6.07, 6.45) is 0.473. The molecule has 5 aromatic rings. The topological polar surface area (TPSA) is 64.1 Å². The maximum absolute atomic E-state index is 13.2. The van der Waals surface area contributed by atoms with Crippen molar-refractivity contribution in [3.63, 3.8) is 0 Å². The molecule has 0 aliphatic heterocycles. The smallest absolute Gasteiger partial charge is 0.224 e. The van der Waals surface area contributed by atoms with Crippen molar-refractivity contribution >= 4 is 10.8 Å². The number of aliphatic hydroxyl groups is 1. The molecule has 0 amide bonds. The van der Waals surface area contributed by atoms with E-state index < -0.39 is 11.5 Å². The Balaban J connectivity index is 1.82. The molecule has 0 saturated carbocycles. The lowest BCUT2D eigenvalue weighted by molar-refractivity contribution is 0.00513. The SMILES string of the molecule is COc1ccc(-c2cc(C(c3ccccc3)C(O)(CCN(C)C)c3cccc4ccccc34)c(OC)nc2OC)cc1. The summed E-state index contributed by atoms with van der Waals surface area (Å²) in [5.74, 6) is 1.08. The zero-order valence-electron chi connectivity index (χ0n) is 24.9. The first-order valence-electron chi connectivity index (χ1n) is 14.1. The van der Waals surface area contributed by atoms with Crippen LogP contribution in [0.4, 0.5) is 0 Å². The monoisotopic (exact) mass is 562 g/mol. The van der Waals surface area contributed by atoms with Gasteiger partial charge in [0.2, 0.25) is 11.8 Å². The maximum Gasteiger partial charge on any atom is 0.224 e. The van der Waals surface area contributed by atoms with Crippen LogP contribution in [0.1, 0.15) is 29.0 Å². The molecule has 0 bridgehead atoms. The molecule has 0 spiro atoms. The van der Waals surface area contributed by atoms with Crippen molar-refractivity contribution in [1.29, 1.82) is 0 Å². The van der Waals surface area contributed by atoms with E-state index in [9.17, 15) is 5.11 Å². The highest BCUT2D eigenvalue weighted by atomic mass is 16.5. The molecule has 0 aliphatic rings. The Kier molecular flexibility index (Phi) is 8.76. The third-order valence-corrected chi connectivity index (χ3v) is 7.89. The van der Waals surface area contributed by atoms with E-state index in [0.29, 0.717) is 24.7 Å². The number of hydrogen-bond donors (Lipinski definition) is 1. The van der Waals surface area contributed by atoms with Gasteiger partial charge in [-0.05, 0) is 66.2 Å². The van der Waals surface area contributed by atoms with E-state index in [1.807, 2.05) is 80.8 Å². The van der Waals surface area contributed by atoms with Crippen LogP contribution in [0.25, 0.3) is 21.9 Å². The van der Waals surface area contributed by atoms with Gasteiger partial charge in [0.1, 0.15) is 11.4 Å². The molecular formula is C36H38N2O4. The van der Waals surface area contributed by atoms with Crippen LogP contribution in [-0.4, -0.2) is 57.0 Å². The van der Waals surface area contributed by atoms with Crippen LogP contribution in [0.2, 0.25) is 0 Å². The summed E-state index contributed by atoms with van der Waals surface area (Å²) in [4.78, 5) is 6.94. The number of pyridine rings is 1. The minimum absolute atomic E-state index is 0.404. The van der Waals surface area contributed by atoms with E-state index in [1.54, 1.807) is 21.3 Å². The summed E-state index contributed by atoms with van der Waals surface area (Å²) in [6, 6.07) is 34.3. The zero-order chi connectivity index (χ0) is 29.7. The van der Waals surface area contributed by atoms with Gasteiger partial charge in [0.25, 0.3) is 0 Å². The van der Waals surface area contributed by atoms with Gasteiger partial charge < -0.3 is 24.2 Å². The third kappa shape index (κ3) is 5.69. The molecule has 0 aliphatic carbocycles. The fourth-order valence-electron chi connectivity index (χ4n) is 5.79. The molecule has 6 nitrogen and oxygen atoms in total. The number of ether oxygens (including phenoxy) is 3. The Labute approximate surface area is 248 Å². The summed E-state index contributed by atoms with van der Waals surface area (Å²) < 4.78 is 17.1. The van der Waals surface area contributed by atoms with Crippen LogP contribution in [0.15, 0.2) is 103 Å². The average molecular weight is 563 g/mol. The Morgan fingerprint density at radius 3 is 2.10 bits per heavy atom. The van der Waals surface area contributed by atoms with Gasteiger partial charge in [0.05, 0.1) is 21.3 Å². The lowest BCUT2D eigenvalue weighted by Gasteiger charge is -2.39. The van der Waals surface area contributed by atoms with E-state index in [0.717, 1.165) is 44.3 Å². The lowest BCUT2D eigenvalue weighted by atomic mass is 9.70. The second-order valence-corrected chi connectivity index (χ2v) is 10.7. The number of rotatable bonds is 11. The second-order valence-electron chi connectivity index (χ2n) is 10.7. The number of methoxy groups -OCH3 is 3. The highest BCUT2D eigenvalue weighted by Crippen LogP contribution is 2.50. The molecule has 0 saturated heterocycles. The minimum atomic E-state index is -1.33. The molecule has 6 heteroatoms. The Morgan fingerprint density at radius 1 is 0.762 bits per heavy atom. The van der Waals surface area contributed by atoms with Gasteiger partial charge in [-0.3, -0.25) is 0 Å². The summed E-state index contributed by atoms with van der Waals surface area (Å²) in [7, 11) is 8.91. The Hall–Kier alpha value is -4.39. The molecule has 1 aromatic heterocycles. The molecule has 1 N–H and O–H groups in total. The van der Waals surface area contributed by atoms with Crippen molar-refractivity contribution in [1.82, 2.24) is 9.88 Å². The van der Waals surface area contributed by atoms with Crippen LogP contribution < -0.4 is 14.2 Å². The van der Waals surface area contributed by atoms with Gasteiger partial charge in [-0.25, -0.2) is 0 Å². The highest BCUT2D eigenvalue weighted by molar-refractivity contribution is 5.87. The normalized spacial score (nSPS) is 13.5. The van der Waals surface area contributed by atoms with Gasteiger partial charge in [0, 0.05) is 23.6 Å². The molecule has 4 aromatic carbocycles. The number of aromatic nitrogens is 1. The molecule has 2 atom stereocenters. The Bertz CT molecular complexity index is 1630. The maximum atomic E-state index is 13.2. The van der Waals surface area contributed by atoms with Crippen LogP contribution >= 0.6 is 0 Å². The number of hydrogen-bond acceptors (Lipinski definition) is 6. The van der Waals surface area contributed by atoms with Crippen LogP contribution in [0.3, 0.4) is 0 Å². The van der Waals surface area contributed by atoms with Crippen molar-refractivity contribution in [2.75, 3.05) is 42.0 Å². The molecular weight excluding hydrogens is 524 g/mol. The molecule has 216 valence electrons. The van der Waals surface area contributed by atoms with Crippen molar-refractivity contribution in [2.45, 2.75) is 17.9 Å². The average Bonchev–Trinajstić information content (AvgIpc) is 3.04. The van der Waals surface area contributed by atoms with Gasteiger partial charge >= 0.3 is 0 Å². The summed E-state index contributed by atoms with van der Waals surface area (Å²) in [6.45, 7) is 0.667. The van der Waals surface area contributed by atoms with Crippen molar-refractivity contribution in [3.05, 3.63) is 120 Å². The molecule has 5 rings (SSSR count). The second kappa shape index (κ2) is 12.6. The zero-order valence-corrected chi connectivity index (χ0v) is 24.9. The fourth-order valence-corrected chi connectivity index (χ4v) is 5.79. The van der Waals surface area contributed by atoms with Crippen LogP contribution in [0, 0.1) is 0 Å². The fraction of sp³-hybridized carbons (Fsp3) is 0.250. The van der Waals surface area contributed by atoms with Gasteiger partial charge in [-0.1, -0.05) is 84.9 Å². The number of fused-ring (bicyclic) bond motifs is 1. The molecule has 0 fully saturated rings. The third-order valence-electron chi connectivity index (χ3n) is 7.89. The van der Waals surface area contributed by atoms with Crippen molar-refractivity contribution in [3.8, 4) is 28.6 Å². The first-order chi connectivity index (χ1) is 20.4. The van der Waals surface area contributed by atoms with Gasteiger partial charge in [-0.15, -0.1) is 0 Å². The molecule has 2 unspecified atom stereocenters. The van der Waals surface area contributed by atoms with E-state index in [-0.39, 0.29) is 0 Å². The van der Waals surface area contributed by atoms with E-state index in [1.165, 1.54) is 0 Å². The molecule has 1 heterocycles. The summed E-state index contributed by atoms with van der Waals surface area (Å²) >= 11 is 0. The largest absolute Gasteiger partial charge is 0.497 e. The number of benzene rings is 4. The first kappa shape index (κ1) is 29.1. The highest BCUT2D eigenvalue weighted by Gasteiger charge is 2.43. The van der Waals surface area contributed by atoms with Gasteiger partial charge in [0.15, 0.2) is 0 Å². The minimum Gasteiger partial charge on any atom is -0.497 e. The summed E-state index contributed by atoms with van der Waals surface area (Å²) in [5, 5.41) is 15.3. The van der Waals surface area contributed by atoms with E-state index in [2.05, 4.69) is 41.3 Å². The van der Waals surface area contributed by atoms with Crippen molar-refractivity contribution in [2.24, 2.45) is 0 Å². The van der Waals surface area contributed by atoms with Crippen LogP contribution in [0.5, 0.6) is 17.5 Å². The number of nitrogens with zero attached hydrogens (tertiary/aromatic N) is 2. The van der Waals surface area contributed by atoms with Gasteiger partial charge in [-0.2, -0.15) is 4.98 Å². The van der Waals surface area contributed by atoms with Crippen LogP contribution in [-0.2, 0) is 5.60 Å². The lowest BCUT2D eigenvalue weighted by Crippen LogP contribution is -2.38. The first-order valence-corrected chi connectivity index (χ1v) is 14.1. The summed E-state index contributed by atoms with van der Waals surface area (Å²) in [5.41, 5.74) is 2.97. The standard InChI is InChI=1S/C36H38N2O4/c1-38(2)23-22-36(39,32-17-11-15-25-12-9-10-16-29(25)32)33(27-13-7-6-8-14-27)31-24-30(34(41-4)37-35(31)42-5)26-18-20-28(40-3)21-19-26/h6-21,24,33,39H,22-23H2,1-5H3. The molecule has 42 heavy (non-hydrogen) atoms.